The zero-order valence-corrected chi connectivity index (χ0v) is 22.6. The summed E-state index contributed by atoms with van der Waals surface area (Å²) in [5, 5.41) is 39.3. The van der Waals surface area contributed by atoms with Crippen LogP contribution in [0.3, 0.4) is 0 Å². The van der Waals surface area contributed by atoms with E-state index in [1.54, 1.807) is 35.4 Å². The van der Waals surface area contributed by atoms with Gasteiger partial charge in [0.2, 0.25) is 0 Å². The molecule has 19 heteroatoms. The molecule has 0 bridgehead atoms. The average Bonchev–Trinajstić information content (AvgIpc) is 3.71. The van der Waals surface area contributed by atoms with Crippen molar-refractivity contribution in [3.05, 3.63) is 66.9 Å². The molecule has 1 amide bonds. The molecule has 6 N–H and O–H groups in total. The minimum atomic E-state index is -4.70. The summed E-state index contributed by atoms with van der Waals surface area (Å²) in [4.78, 5) is 29.2. The third-order valence-corrected chi connectivity index (χ3v) is 7.34. The second-order valence-corrected chi connectivity index (χ2v) is 10.6. The van der Waals surface area contributed by atoms with E-state index in [2.05, 4.69) is 30.2 Å². The highest BCUT2D eigenvalue weighted by atomic mass is 32.2. The number of fused-ring (bicyclic) bond motifs is 1. The zero-order chi connectivity index (χ0) is 30.3. The molecule has 0 radical (unpaired) electrons. The van der Waals surface area contributed by atoms with Crippen LogP contribution in [0.5, 0.6) is 5.75 Å². The Morgan fingerprint density at radius 2 is 1.95 bits per heavy atom. The molecule has 5 heterocycles. The predicted molar refractivity (Wildman–Crippen MR) is 144 cm³/mol. The molecule has 5 aromatic rings. The van der Waals surface area contributed by atoms with Crippen molar-refractivity contribution in [1.29, 1.82) is 0 Å². The Balaban J connectivity index is 1.20. The number of aliphatic hydroxyl groups excluding tert-OH is 2. The number of anilines is 1. The number of nitrogens with zero attached hydrogens (tertiary/aromatic N) is 8. The van der Waals surface area contributed by atoms with Gasteiger partial charge in [0, 0.05) is 18.0 Å². The number of aromatic nitrogens is 8. The van der Waals surface area contributed by atoms with Gasteiger partial charge in [-0.05, 0) is 24.3 Å². The number of aliphatic hydroxyl groups is 2. The molecular weight excluding hydrogens is 588 g/mol. The van der Waals surface area contributed by atoms with Crippen LogP contribution in [-0.2, 0) is 19.2 Å². The minimum absolute atomic E-state index is 0.0172. The van der Waals surface area contributed by atoms with Crippen LogP contribution < -0.4 is 10.5 Å². The second-order valence-electron chi connectivity index (χ2n) is 9.26. The van der Waals surface area contributed by atoms with Crippen LogP contribution in [0.2, 0.25) is 0 Å². The van der Waals surface area contributed by atoms with Crippen LogP contribution in [0.1, 0.15) is 16.6 Å². The van der Waals surface area contributed by atoms with Crippen LogP contribution >= 0.6 is 0 Å². The molecule has 18 nitrogen and oxygen atoms in total. The lowest BCUT2D eigenvalue weighted by atomic mass is 10.1. The quantitative estimate of drug-likeness (QED) is 0.142. The summed E-state index contributed by atoms with van der Waals surface area (Å²) in [6.45, 7) is -0.775. The summed E-state index contributed by atoms with van der Waals surface area (Å²) in [7, 11) is -4.70. The van der Waals surface area contributed by atoms with Crippen LogP contribution in [0.4, 0.5) is 5.82 Å². The number of nitrogens with one attached hydrogen (secondary N) is 1. The fraction of sp³-hybridized carbons (Fsp3) is 0.208. The van der Waals surface area contributed by atoms with E-state index in [9.17, 15) is 28.5 Å². The number of carbonyl (C=O) groups excluding carboxylic acids is 1. The van der Waals surface area contributed by atoms with Crippen molar-refractivity contribution in [3.63, 3.8) is 0 Å². The summed E-state index contributed by atoms with van der Waals surface area (Å²) < 4.78 is 39.5. The number of para-hydroxylation sites is 1. The van der Waals surface area contributed by atoms with Gasteiger partial charge < -0.3 is 25.8 Å². The number of rotatable bonds is 8. The number of pyridine rings is 1. The Morgan fingerprint density at radius 3 is 2.72 bits per heavy atom. The zero-order valence-electron chi connectivity index (χ0n) is 21.7. The largest absolute Gasteiger partial charge is 0.507 e. The monoisotopic (exact) mass is 610 g/mol. The maximum absolute atomic E-state index is 12.4. The standard InChI is InChI=1S/C24H22N10O8S/c25-20-17-21(29-24(28-20)34-9-14(30-32-34)12-4-3-7-26-8-12)33(11-27-17)23-19(37)18(36)16(42-23)10-41-43(39,40)31-22(38)13-5-1-2-6-15(13)35/h1-9,11,16,18-19,23,35-37H,10H2,(H,31,38)(H2,25,28,29)/t16-,18-,19-,23-/m0/s1. The van der Waals surface area contributed by atoms with Crippen molar-refractivity contribution in [2.24, 2.45) is 0 Å². The van der Waals surface area contributed by atoms with Gasteiger partial charge in [-0.25, -0.2) is 9.71 Å². The van der Waals surface area contributed by atoms with E-state index in [0.717, 1.165) is 0 Å². The number of nitrogens with two attached hydrogens (primary N) is 1. The van der Waals surface area contributed by atoms with E-state index < -0.39 is 53.1 Å². The number of hydrogen-bond donors (Lipinski definition) is 5. The molecule has 0 unspecified atom stereocenters. The SMILES string of the molecule is Nc1nc(-n2cc(-c3cccnc3)nn2)nc2c1ncn2[C@H]1O[C@@H](COS(=O)(=O)NC(=O)c2ccccc2O)[C@H](O)[C@@H]1O. The van der Waals surface area contributed by atoms with Gasteiger partial charge in [-0.2, -0.15) is 23.1 Å². The molecule has 6 rings (SSSR count). The highest BCUT2D eigenvalue weighted by molar-refractivity contribution is 7.85. The van der Waals surface area contributed by atoms with Gasteiger partial charge in [-0.3, -0.25) is 18.5 Å². The molecule has 4 aromatic heterocycles. The number of imidazole rings is 1. The summed E-state index contributed by atoms with van der Waals surface area (Å²) in [5.74, 6) is -1.57. The number of aromatic hydroxyl groups is 1. The molecule has 1 aliphatic rings. The van der Waals surface area contributed by atoms with Crippen molar-refractivity contribution in [2.75, 3.05) is 12.3 Å². The van der Waals surface area contributed by atoms with Gasteiger partial charge in [-0.15, -0.1) is 5.10 Å². The van der Waals surface area contributed by atoms with Crippen LogP contribution in [-0.4, -0.2) is 94.1 Å². The first-order chi connectivity index (χ1) is 20.6. The number of benzene rings is 1. The van der Waals surface area contributed by atoms with E-state index in [4.69, 9.17) is 14.7 Å². The molecule has 1 aromatic carbocycles. The molecule has 222 valence electrons. The first-order valence-corrected chi connectivity index (χ1v) is 13.9. The first kappa shape index (κ1) is 28.1. The molecular formula is C24H22N10O8S. The number of hydrogen-bond acceptors (Lipinski definition) is 15. The summed E-state index contributed by atoms with van der Waals surface area (Å²) in [5.41, 5.74) is 7.29. The van der Waals surface area contributed by atoms with Crippen LogP contribution in [0.25, 0.3) is 28.4 Å². The van der Waals surface area contributed by atoms with Crippen molar-refractivity contribution in [1.82, 2.24) is 44.2 Å². The molecule has 1 aliphatic heterocycles. The van der Waals surface area contributed by atoms with Crippen molar-refractivity contribution in [2.45, 2.75) is 24.5 Å². The van der Waals surface area contributed by atoms with Gasteiger partial charge in [-0.1, -0.05) is 17.3 Å². The molecule has 1 saturated heterocycles. The highest BCUT2D eigenvalue weighted by Crippen LogP contribution is 2.33. The summed E-state index contributed by atoms with van der Waals surface area (Å²) in [6.07, 6.45) is 0.217. The molecule has 0 saturated carbocycles. The van der Waals surface area contributed by atoms with Gasteiger partial charge in [0.05, 0.1) is 24.7 Å². The number of nitrogen functional groups attached to an aromatic ring is 1. The number of carbonyl (C=O) groups is 1. The second kappa shape index (κ2) is 11.0. The lowest BCUT2D eigenvalue weighted by Crippen LogP contribution is -2.37. The minimum Gasteiger partial charge on any atom is -0.507 e. The summed E-state index contributed by atoms with van der Waals surface area (Å²) in [6, 6.07) is 8.85. The Morgan fingerprint density at radius 1 is 1.14 bits per heavy atom. The molecule has 4 atom stereocenters. The normalized spacial score (nSPS) is 20.4. The third-order valence-electron chi connectivity index (χ3n) is 6.46. The van der Waals surface area contributed by atoms with Gasteiger partial charge >= 0.3 is 10.3 Å². The lowest BCUT2D eigenvalue weighted by Gasteiger charge is -2.16. The third kappa shape index (κ3) is 5.45. The van der Waals surface area contributed by atoms with Crippen molar-refractivity contribution in [3.8, 4) is 23.0 Å². The summed E-state index contributed by atoms with van der Waals surface area (Å²) >= 11 is 0. The van der Waals surface area contributed by atoms with Gasteiger partial charge in [0.1, 0.15) is 35.3 Å². The van der Waals surface area contributed by atoms with E-state index in [1.807, 2.05) is 0 Å². The number of phenolic OH excluding ortho intramolecular Hbond substituents is 1. The van der Waals surface area contributed by atoms with Gasteiger partial charge in [0.25, 0.3) is 11.9 Å². The molecule has 1 fully saturated rings. The van der Waals surface area contributed by atoms with E-state index in [-0.39, 0.29) is 28.5 Å². The molecule has 43 heavy (non-hydrogen) atoms. The van der Waals surface area contributed by atoms with E-state index >= 15 is 0 Å². The Labute approximate surface area is 241 Å². The van der Waals surface area contributed by atoms with Gasteiger partial charge in [0.15, 0.2) is 17.7 Å². The fourth-order valence-corrected chi connectivity index (χ4v) is 5.05. The lowest BCUT2D eigenvalue weighted by molar-refractivity contribution is -0.0468. The Hall–Kier alpha value is -5.08. The number of ether oxygens (including phenoxy) is 1. The number of amides is 1. The Bertz CT molecular complexity index is 1920. The van der Waals surface area contributed by atoms with Crippen LogP contribution in [0, 0.1) is 0 Å². The van der Waals surface area contributed by atoms with E-state index in [0.29, 0.717) is 11.3 Å². The molecule has 0 aliphatic carbocycles. The molecule has 0 spiro atoms. The number of phenols is 1. The van der Waals surface area contributed by atoms with Crippen molar-refractivity contribution >= 4 is 33.2 Å². The Kier molecular flexibility index (Phi) is 7.15. The fourth-order valence-electron chi connectivity index (χ4n) is 4.34. The topological polar surface area (TPSA) is 256 Å². The average molecular weight is 611 g/mol. The maximum Gasteiger partial charge on any atom is 0.362 e. The first-order valence-electron chi connectivity index (χ1n) is 12.5. The smallest absolute Gasteiger partial charge is 0.362 e. The highest BCUT2D eigenvalue weighted by Gasteiger charge is 2.45. The maximum atomic E-state index is 12.4. The van der Waals surface area contributed by atoms with E-state index in [1.165, 1.54) is 39.8 Å². The van der Waals surface area contributed by atoms with Crippen molar-refractivity contribution < 1.29 is 37.5 Å². The predicted octanol–water partition coefficient (Wildman–Crippen LogP) is -0.933. The van der Waals surface area contributed by atoms with Crippen LogP contribution in [0.15, 0.2) is 61.3 Å².